The van der Waals surface area contributed by atoms with Crippen LogP contribution in [-0.4, -0.2) is 23.3 Å². The fourth-order valence-corrected chi connectivity index (χ4v) is 9.88. The van der Waals surface area contributed by atoms with Crippen molar-refractivity contribution in [2.75, 3.05) is 10.2 Å². The first-order valence-corrected chi connectivity index (χ1v) is 25.1. The number of benzene rings is 9. The second kappa shape index (κ2) is 21.1. The molecule has 76 heavy (non-hydrogen) atoms. The Morgan fingerprint density at radius 1 is 0.434 bits per heavy atom. The molecule has 0 fully saturated rings. The van der Waals surface area contributed by atoms with E-state index in [2.05, 4.69) is 166 Å². The highest BCUT2D eigenvalue weighted by Crippen LogP contribution is 2.45. The van der Waals surface area contributed by atoms with Gasteiger partial charge in [-0.2, -0.15) is 4.58 Å². The number of Topliss-reactive ketones (excluding diaryl/α,β-unsaturated/α-hetero) is 1. The van der Waals surface area contributed by atoms with Crippen LogP contribution < -0.4 is 25.2 Å². The van der Waals surface area contributed by atoms with Crippen molar-refractivity contribution in [1.82, 2.24) is 9.89 Å². The van der Waals surface area contributed by atoms with Crippen LogP contribution in [-0.2, 0) is 14.4 Å². The Morgan fingerprint density at radius 2 is 0.816 bits per heavy atom. The van der Waals surface area contributed by atoms with Crippen molar-refractivity contribution < 1.29 is 19.5 Å². The molecule has 0 heterocycles. The summed E-state index contributed by atoms with van der Waals surface area (Å²) < 4.78 is 2.07. The highest BCUT2D eigenvalue weighted by molar-refractivity contribution is 6.40. The molecule has 0 saturated carbocycles. The summed E-state index contributed by atoms with van der Waals surface area (Å²) in [7, 11) is 0. The molecule has 0 unspecified atom stereocenters. The Kier molecular flexibility index (Phi) is 13.4. The third-order valence-corrected chi connectivity index (χ3v) is 13.5. The number of hydrogen-bond donors (Lipinski definition) is 2. The summed E-state index contributed by atoms with van der Waals surface area (Å²) >= 11 is 0. The molecule has 366 valence electrons. The molecule has 0 saturated heterocycles. The van der Waals surface area contributed by atoms with Gasteiger partial charge in [0, 0.05) is 89.6 Å². The fraction of sp³-hybridized carbons (Fsp3) is 0.0294. The smallest absolute Gasteiger partial charge is 0.221 e. The van der Waals surface area contributed by atoms with E-state index in [1.54, 1.807) is 24.3 Å². The van der Waals surface area contributed by atoms with Crippen LogP contribution >= 0.6 is 0 Å². The molecule has 0 atom stereocenters. The number of nitrogens with one attached hydrogen (secondary N) is 2. The van der Waals surface area contributed by atoms with Gasteiger partial charge < -0.3 is 20.6 Å². The molecule has 11 rings (SSSR count). The van der Waals surface area contributed by atoms with Crippen LogP contribution in [0.25, 0.3) is 50.1 Å². The number of hydrogen-bond acceptors (Lipinski definition) is 5. The summed E-state index contributed by atoms with van der Waals surface area (Å²) in [4.78, 5) is 42.6. The summed E-state index contributed by atoms with van der Waals surface area (Å²) in [5, 5.41) is 20.5. The Labute approximate surface area is 441 Å². The number of amides is 2. The fourth-order valence-electron chi connectivity index (χ4n) is 9.88. The van der Waals surface area contributed by atoms with E-state index in [1.807, 2.05) is 84.9 Å². The van der Waals surface area contributed by atoms with Crippen molar-refractivity contribution in [3.63, 3.8) is 0 Å². The van der Waals surface area contributed by atoms with Gasteiger partial charge in [0.25, 0.3) is 0 Å². The first kappa shape index (κ1) is 48.1. The van der Waals surface area contributed by atoms with Crippen LogP contribution in [0, 0.1) is 0 Å². The largest absolute Gasteiger partial charge is 0.871 e. The lowest BCUT2D eigenvalue weighted by atomic mass is 9.78. The van der Waals surface area contributed by atoms with E-state index in [4.69, 9.17) is 0 Å². The molecule has 0 aromatic heterocycles. The van der Waals surface area contributed by atoms with E-state index in [9.17, 15) is 19.5 Å². The number of ketones is 1. The molecular formula is C68H50N4O4. The normalized spacial score (nSPS) is 13.9. The summed E-state index contributed by atoms with van der Waals surface area (Å²) in [5.74, 6) is -1.74. The molecule has 9 aromatic rings. The van der Waals surface area contributed by atoms with Crippen molar-refractivity contribution in [2.45, 2.75) is 13.8 Å². The van der Waals surface area contributed by atoms with Crippen molar-refractivity contribution in [3.8, 4) is 44.5 Å². The second-order valence-electron chi connectivity index (χ2n) is 18.6. The standard InChI is InChI=1S/C68H50N4O4/c1-45(73)69-63-43-59(71(55-31-23-51(24-32-55)47-15-7-3-8-16-47)56-33-25-52(26-34-56)48-17-9-4-10-18-48)39-41-61(63)65-67(75)66(68(65)76)62-42-40-60(44-64(62)70-46(2)74)72(57-35-27-53(28-36-57)49-19-11-5-12-20-49)58-37-29-54(30-38-58)50-21-13-6-14-22-50/h3-44H,1-2H3,(H2,69,70,73,74,75,76). The predicted molar refractivity (Wildman–Crippen MR) is 307 cm³/mol. The van der Waals surface area contributed by atoms with Crippen LogP contribution in [0.3, 0.4) is 0 Å². The van der Waals surface area contributed by atoms with Crippen LogP contribution in [0.4, 0.5) is 34.1 Å². The molecule has 0 bridgehead atoms. The summed E-state index contributed by atoms with van der Waals surface area (Å²) in [6.07, 6.45) is 5.37. The maximum absolute atomic E-state index is 14.6. The summed E-state index contributed by atoms with van der Waals surface area (Å²) in [6, 6.07) is 79.0. The quantitative estimate of drug-likeness (QED) is 0.0937. The van der Waals surface area contributed by atoms with Crippen LogP contribution in [0.2, 0.25) is 0 Å². The lowest BCUT2D eigenvalue weighted by molar-refractivity contribution is -0.297. The first-order valence-electron chi connectivity index (χ1n) is 25.1. The predicted octanol–water partition coefficient (Wildman–Crippen LogP) is 14.3. The number of carbonyl (C=O) groups is 3. The molecule has 2 aliphatic rings. The second-order valence-corrected chi connectivity index (χ2v) is 18.6. The average Bonchev–Trinajstić information content (AvgIpc) is 3.52. The molecular weight excluding hydrogens is 937 g/mol. The third-order valence-electron chi connectivity index (χ3n) is 13.5. The maximum Gasteiger partial charge on any atom is 0.221 e. The molecule has 2 aliphatic carbocycles. The van der Waals surface area contributed by atoms with Gasteiger partial charge in [-0.3, -0.25) is 14.4 Å². The Hall–Kier alpha value is -10.2. The van der Waals surface area contributed by atoms with E-state index in [0.29, 0.717) is 33.9 Å². The van der Waals surface area contributed by atoms with E-state index in [0.717, 1.165) is 67.3 Å². The first-order chi connectivity index (χ1) is 37.2. The molecule has 0 aliphatic heterocycles. The van der Waals surface area contributed by atoms with E-state index in [-0.39, 0.29) is 23.0 Å². The minimum atomic E-state index is -0.501. The zero-order chi connectivity index (χ0) is 52.1. The van der Waals surface area contributed by atoms with E-state index in [1.165, 1.54) is 13.8 Å². The van der Waals surface area contributed by atoms with Crippen molar-refractivity contribution in [2.24, 2.45) is 0 Å². The van der Waals surface area contributed by atoms with Crippen LogP contribution in [0.5, 0.6) is 0 Å². The minimum Gasteiger partial charge on any atom is -0.871 e. The monoisotopic (exact) mass is 986 g/mol. The highest BCUT2D eigenvalue weighted by atomic mass is 16.3. The zero-order valence-electron chi connectivity index (χ0n) is 41.8. The lowest BCUT2D eigenvalue weighted by Gasteiger charge is -2.34. The van der Waals surface area contributed by atoms with Crippen molar-refractivity contribution >= 4 is 63.0 Å². The minimum absolute atomic E-state index is 0.0623. The van der Waals surface area contributed by atoms with E-state index >= 15 is 0 Å². The number of carbonyl (C=O) groups excluding carboxylic acids is 3. The highest BCUT2D eigenvalue weighted by Gasteiger charge is 2.35. The third kappa shape index (κ3) is 9.86. The van der Waals surface area contributed by atoms with E-state index < -0.39 is 11.5 Å². The van der Waals surface area contributed by atoms with Gasteiger partial charge in [-0.05, 0) is 111 Å². The topological polar surface area (TPSA) is 105 Å². The number of allylic oxidation sites excluding steroid dienone is 5. The molecule has 0 spiro atoms. The molecule has 8 nitrogen and oxygen atoms in total. The molecule has 0 radical (unpaired) electrons. The maximum atomic E-state index is 14.6. The van der Waals surface area contributed by atoms with Gasteiger partial charge >= 0.3 is 0 Å². The molecule has 2 amide bonds. The van der Waals surface area contributed by atoms with Crippen molar-refractivity contribution in [3.05, 3.63) is 283 Å². The van der Waals surface area contributed by atoms with Gasteiger partial charge in [0.15, 0.2) is 5.78 Å². The summed E-state index contributed by atoms with van der Waals surface area (Å²) in [5.41, 5.74) is 14.4. The average molecular weight is 987 g/mol. The van der Waals surface area contributed by atoms with Crippen molar-refractivity contribution in [1.29, 1.82) is 0 Å². The summed E-state index contributed by atoms with van der Waals surface area (Å²) in [6.45, 7) is 2.79. The van der Waals surface area contributed by atoms with Gasteiger partial charge in [0.05, 0.1) is 11.4 Å². The number of anilines is 4. The van der Waals surface area contributed by atoms with Gasteiger partial charge in [0.1, 0.15) is 0 Å². The van der Waals surface area contributed by atoms with Gasteiger partial charge in [-0.25, -0.2) is 0 Å². The number of rotatable bonds is 12. The van der Waals surface area contributed by atoms with Gasteiger partial charge in [0.2, 0.25) is 28.9 Å². The van der Waals surface area contributed by atoms with Gasteiger partial charge in [-0.1, -0.05) is 157 Å². The Balaban J connectivity index is 0.988. The molecule has 2 N–H and O–H groups in total. The SMILES string of the molecule is CC(=O)NC1=CC(=[N+](c2ccc(-c3ccccc3)cc2)c2ccc(-c3ccccc3)cc2)C=C/C1=C1\C(=O)C(c2ccc(N(c3ccc(-c4ccccc4)cc3)c3ccc(-c4ccccc4)cc3)cc2NC(C)=O)=C1[O-]. The zero-order valence-corrected chi connectivity index (χ0v) is 41.8. The van der Waals surface area contributed by atoms with Gasteiger partial charge in [-0.15, -0.1) is 0 Å². The van der Waals surface area contributed by atoms with Crippen LogP contribution in [0.15, 0.2) is 277 Å². The Bertz CT molecular complexity index is 3660. The Morgan fingerprint density at radius 3 is 1.21 bits per heavy atom. The number of nitrogens with zero attached hydrogens (tertiary/aromatic N) is 2. The lowest BCUT2D eigenvalue weighted by Crippen LogP contribution is -2.33. The van der Waals surface area contributed by atoms with Crippen LogP contribution in [0.1, 0.15) is 19.4 Å². The molecule has 8 heteroatoms. The molecule has 9 aromatic carbocycles.